The van der Waals surface area contributed by atoms with Gasteiger partial charge in [0, 0.05) is 13.0 Å². The highest BCUT2D eigenvalue weighted by Gasteiger charge is 2.38. The minimum Gasteiger partial charge on any atom is -0.464 e. The Kier molecular flexibility index (Phi) is 3.37. The third kappa shape index (κ3) is 2.49. The quantitative estimate of drug-likeness (QED) is 0.899. The standard InChI is InChI=1S/C15H17N3O3/c1-10-4-6-11(7-5-10)14-12(9-18(16-14)15(20)21)17-8-2-3-13(17)19/h4-7,12H,2-3,8-9H2,1H3,(H,20,21). The molecule has 1 unspecified atom stereocenters. The first-order chi connectivity index (χ1) is 10.1. The summed E-state index contributed by atoms with van der Waals surface area (Å²) < 4.78 is 0. The SMILES string of the molecule is Cc1ccc(C2=NN(C(=O)O)CC2N2CCCC2=O)cc1. The van der Waals surface area contributed by atoms with E-state index in [1.54, 1.807) is 4.90 Å². The van der Waals surface area contributed by atoms with Crippen LogP contribution in [-0.2, 0) is 4.79 Å². The van der Waals surface area contributed by atoms with Crippen molar-refractivity contribution in [1.82, 2.24) is 9.91 Å². The molecule has 0 radical (unpaired) electrons. The second kappa shape index (κ2) is 5.20. The molecular weight excluding hydrogens is 270 g/mol. The molecule has 0 spiro atoms. The first-order valence-electron chi connectivity index (χ1n) is 7.02. The van der Waals surface area contributed by atoms with Crippen molar-refractivity contribution in [2.75, 3.05) is 13.1 Å². The highest BCUT2D eigenvalue weighted by atomic mass is 16.4. The van der Waals surface area contributed by atoms with E-state index < -0.39 is 6.09 Å². The summed E-state index contributed by atoms with van der Waals surface area (Å²) in [5.74, 6) is 0.0760. The van der Waals surface area contributed by atoms with Crippen LogP contribution >= 0.6 is 0 Å². The van der Waals surface area contributed by atoms with Gasteiger partial charge in [-0.05, 0) is 18.9 Å². The van der Waals surface area contributed by atoms with Crippen LogP contribution in [0, 0.1) is 6.92 Å². The zero-order valence-corrected chi connectivity index (χ0v) is 11.8. The molecule has 2 amide bonds. The second-order valence-electron chi connectivity index (χ2n) is 5.42. The number of hydrogen-bond acceptors (Lipinski definition) is 3. The Balaban J connectivity index is 1.95. The van der Waals surface area contributed by atoms with Crippen molar-refractivity contribution in [3.05, 3.63) is 35.4 Å². The lowest BCUT2D eigenvalue weighted by Crippen LogP contribution is -2.44. The van der Waals surface area contributed by atoms with Crippen LogP contribution in [0.2, 0.25) is 0 Å². The number of likely N-dealkylation sites (tertiary alicyclic amines) is 1. The predicted molar refractivity (Wildman–Crippen MR) is 77.2 cm³/mol. The van der Waals surface area contributed by atoms with Gasteiger partial charge in [-0.3, -0.25) is 4.79 Å². The normalized spacial score (nSPS) is 21.9. The van der Waals surface area contributed by atoms with Gasteiger partial charge in [0.2, 0.25) is 5.91 Å². The van der Waals surface area contributed by atoms with Crippen molar-refractivity contribution in [3.8, 4) is 0 Å². The van der Waals surface area contributed by atoms with Crippen LogP contribution in [0.15, 0.2) is 29.4 Å². The van der Waals surface area contributed by atoms with Gasteiger partial charge in [-0.25, -0.2) is 4.79 Å². The molecular formula is C15H17N3O3. The number of carbonyl (C=O) groups is 2. The van der Waals surface area contributed by atoms with Crippen LogP contribution < -0.4 is 0 Å². The van der Waals surface area contributed by atoms with E-state index in [2.05, 4.69) is 5.10 Å². The van der Waals surface area contributed by atoms with E-state index >= 15 is 0 Å². The maximum absolute atomic E-state index is 12.0. The van der Waals surface area contributed by atoms with Crippen molar-refractivity contribution in [2.24, 2.45) is 5.10 Å². The summed E-state index contributed by atoms with van der Waals surface area (Å²) in [5, 5.41) is 14.4. The van der Waals surface area contributed by atoms with Crippen LogP contribution in [0.25, 0.3) is 0 Å². The van der Waals surface area contributed by atoms with Crippen molar-refractivity contribution in [3.63, 3.8) is 0 Å². The van der Waals surface area contributed by atoms with Crippen LogP contribution in [0.3, 0.4) is 0 Å². The monoisotopic (exact) mass is 287 g/mol. The van der Waals surface area contributed by atoms with Gasteiger partial charge < -0.3 is 10.0 Å². The highest BCUT2D eigenvalue weighted by Crippen LogP contribution is 2.23. The number of amides is 2. The molecule has 1 saturated heterocycles. The number of carboxylic acid groups (broad SMARTS) is 1. The van der Waals surface area contributed by atoms with Crippen LogP contribution in [-0.4, -0.2) is 51.9 Å². The van der Waals surface area contributed by atoms with Gasteiger partial charge in [0.25, 0.3) is 0 Å². The van der Waals surface area contributed by atoms with E-state index in [1.807, 2.05) is 31.2 Å². The molecule has 110 valence electrons. The average molecular weight is 287 g/mol. The lowest BCUT2D eigenvalue weighted by atomic mass is 10.0. The van der Waals surface area contributed by atoms with Crippen LogP contribution in [0.5, 0.6) is 0 Å². The van der Waals surface area contributed by atoms with Crippen LogP contribution in [0.1, 0.15) is 24.0 Å². The molecule has 1 aromatic rings. The molecule has 2 heterocycles. The Morgan fingerprint density at radius 2 is 2.05 bits per heavy atom. The van der Waals surface area contributed by atoms with E-state index in [1.165, 1.54) is 0 Å². The zero-order valence-electron chi connectivity index (χ0n) is 11.8. The molecule has 1 aromatic carbocycles. The average Bonchev–Trinajstić information content (AvgIpc) is 3.05. The number of nitrogens with zero attached hydrogens (tertiary/aromatic N) is 3. The molecule has 6 nitrogen and oxygen atoms in total. The molecule has 0 aromatic heterocycles. The minimum absolute atomic E-state index is 0.0760. The third-order valence-electron chi connectivity index (χ3n) is 3.94. The maximum atomic E-state index is 12.0. The van der Waals surface area contributed by atoms with E-state index in [4.69, 9.17) is 5.11 Å². The van der Waals surface area contributed by atoms with E-state index in [9.17, 15) is 9.59 Å². The van der Waals surface area contributed by atoms with Gasteiger partial charge in [-0.1, -0.05) is 29.8 Å². The first kappa shape index (κ1) is 13.6. The first-order valence-corrected chi connectivity index (χ1v) is 7.02. The van der Waals surface area contributed by atoms with Gasteiger partial charge in [-0.2, -0.15) is 10.1 Å². The van der Waals surface area contributed by atoms with Gasteiger partial charge in [-0.15, -0.1) is 0 Å². The fourth-order valence-corrected chi connectivity index (χ4v) is 2.83. The number of aryl methyl sites for hydroxylation is 1. The topological polar surface area (TPSA) is 73.2 Å². The van der Waals surface area contributed by atoms with Crippen molar-refractivity contribution >= 4 is 17.7 Å². The van der Waals surface area contributed by atoms with Crippen molar-refractivity contribution in [2.45, 2.75) is 25.8 Å². The number of hydrazone groups is 1. The Morgan fingerprint density at radius 3 is 2.62 bits per heavy atom. The molecule has 1 atom stereocenters. The molecule has 1 N–H and O–H groups in total. The fourth-order valence-electron chi connectivity index (χ4n) is 2.83. The number of rotatable bonds is 2. The molecule has 21 heavy (non-hydrogen) atoms. The summed E-state index contributed by atoms with van der Waals surface area (Å²) in [6.07, 6.45) is 0.266. The third-order valence-corrected chi connectivity index (χ3v) is 3.94. The summed E-state index contributed by atoms with van der Waals surface area (Å²) >= 11 is 0. The lowest BCUT2D eigenvalue weighted by Gasteiger charge is -2.24. The molecule has 6 heteroatoms. The molecule has 3 rings (SSSR count). The van der Waals surface area contributed by atoms with Gasteiger partial charge >= 0.3 is 6.09 Å². The second-order valence-corrected chi connectivity index (χ2v) is 5.42. The molecule has 1 fully saturated rings. The summed E-state index contributed by atoms with van der Waals surface area (Å²) in [7, 11) is 0. The Hall–Kier alpha value is -2.37. The molecule has 0 bridgehead atoms. The summed E-state index contributed by atoms with van der Waals surface area (Å²) in [4.78, 5) is 24.9. The van der Waals surface area contributed by atoms with Crippen LogP contribution in [0.4, 0.5) is 4.79 Å². The lowest BCUT2D eigenvalue weighted by molar-refractivity contribution is -0.128. The molecule has 0 aliphatic carbocycles. The van der Waals surface area contributed by atoms with Gasteiger partial charge in [0.15, 0.2) is 0 Å². The van der Waals surface area contributed by atoms with E-state index in [0.29, 0.717) is 18.7 Å². The summed E-state index contributed by atoms with van der Waals surface area (Å²) in [5.41, 5.74) is 2.66. The van der Waals surface area contributed by atoms with Gasteiger partial charge in [0.05, 0.1) is 18.3 Å². The Morgan fingerprint density at radius 1 is 1.33 bits per heavy atom. The highest BCUT2D eigenvalue weighted by molar-refractivity contribution is 6.07. The Bertz CT molecular complexity index is 609. The maximum Gasteiger partial charge on any atom is 0.428 e. The number of benzene rings is 1. The molecule has 0 saturated carbocycles. The van der Waals surface area contributed by atoms with Crippen molar-refractivity contribution < 1.29 is 14.7 Å². The Labute approximate surface area is 122 Å². The number of carbonyl (C=O) groups excluding carboxylic acids is 1. The van der Waals surface area contributed by atoms with Gasteiger partial charge in [0.1, 0.15) is 0 Å². The predicted octanol–water partition coefficient (Wildman–Crippen LogP) is 1.68. The fraction of sp³-hybridized carbons (Fsp3) is 0.400. The van der Waals surface area contributed by atoms with E-state index in [-0.39, 0.29) is 18.5 Å². The molecule has 2 aliphatic heterocycles. The smallest absolute Gasteiger partial charge is 0.428 e. The van der Waals surface area contributed by atoms with Crippen molar-refractivity contribution in [1.29, 1.82) is 0 Å². The minimum atomic E-state index is -1.09. The summed E-state index contributed by atoms with van der Waals surface area (Å²) in [6, 6.07) is 7.49. The zero-order chi connectivity index (χ0) is 15.0. The number of hydrogen-bond donors (Lipinski definition) is 1. The molecule has 2 aliphatic rings. The van der Waals surface area contributed by atoms with E-state index in [0.717, 1.165) is 22.6 Å². The summed E-state index contributed by atoms with van der Waals surface area (Å²) in [6.45, 7) is 2.87. The largest absolute Gasteiger partial charge is 0.464 e.